The summed E-state index contributed by atoms with van der Waals surface area (Å²) in [7, 11) is 0. The van der Waals surface area contributed by atoms with Crippen LogP contribution in [0.2, 0.25) is 0 Å². The van der Waals surface area contributed by atoms with Crippen molar-refractivity contribution in [3.63, 3.8) is 0 Å². The lowest BCUT2D eigenvalue weighted by molar-refractivity contribution is 0.592. The molecule has 4 heteroatoms. The Labute approximate surface area is 106 Å². The minimum atomic E-state index is -0.225. The van der Waals surface area contributed by atoms with Gasteiger partial charge in [0.25, 0.3) is 0 Å². The van der Waals surface area contributed by atoms with E-state index < -0.39 is 0 Å². The van der Waals surface area contributed by atoms with Gasteiger partial charge in [0.05, 0.1) is 17.9 Å². The van der Waals surface area contributed by atoms with E-state index in [9.17, 15) is 4.39 Å². The molecule has 0 fully saturated rings. The van der Waals surface area contributed by atoms with Crippen LogP contribution in [0.25, 0.3) is 0 Å². The molecule has 2 rings (SSSR count). The van der Waals surface area contributed by atoms with Gasteiger partial charge in [-0.2, -0.15) is 0 Å². The molecule has 1 aromatic carbocycles. The summed E-state index contributed by atoms with van der Waals surface area (Å²) in [5.41, 5.74) is 2.57. The fourth-order valence-electron chi connectivity index (χ4n) is 1.99. The fraction of sp³-hybridized carbons (Fsp3) is 0.286. The van der Waals surface area contributed by atoms with E-state index in [1.807, 2.05) is 19.9 Å². The molecule has 0 aliphatic carbocycles. The first-order chi connectivity index (χ1) is 8.70. The van der Waals surface area contributed by atoms with E-state index in [1.165, 1.54) is 12.1 Å². The summed E-state index contributed by atoms with van der Waals surface area (Å²) >= 11 is 0. The van der Waals surface area contributed by atoms with E-state index in [2.05, 4.69) is 15.3 Å². The van der Waals surface area contributed by atoms with Gasteiger partial charge in [0.1, 0.15) is 5.82 Å². The predicted molar refractivity (Wildman–Crippen MR) is 68.7 cm³/mol. The van der Waals surface area contributed by atoms with E-state index in [0.717, 1.165) is 23.4 Å². The van der Waals surface area contributed by atoms with Crippen LogP contribution in [-0.2, 0) is 0 Å². The van der Waals surface area contributed by atoms with Crippen LogP contribution in [0.4, 0.5) is 4.39 Å². The Kier molecular flexibility index (Phi) is 3.99. The third kappa shape index (κ3) is 2.90. The molecule has 3 nitrogen and oxygen atoms in total. The molecule has 0 aliphatic rings. The highest BCUT2D eigenvalue weighted by atomic mass is 19.1. The van der Waals surface area contributed by atoms with E-state index in [4.69, 9.17) is 0 Å². The third-order valence-electron chi connectivity index (χ3n) is 2.68. The van der Waals surface area contributed by atoms with Crippen LogP contribution in [0.5, 0.6) is 0 Å². The number of hydrogen-bond donors (Lipinski definition) is 1. The van der Waals surface area contributed by atoms with Gasteiger partial charge in [0.2, 0.25) is 0 Å². The number of hydrogen-bond acceptors (Lipinski definition) is 3. The molecule has 1 unspecified atom stereocenters. The SMILES string of the molecule is CCNC(c1cc(C)cc(F)c1)c1cnccn1. The van der Waals surface area contributed by atoms with Gasteiger partial charge in [0.15, 0.2) is 0 Å². The second-order valence-electron chi connectivity index (χ2n) is 4.18. The van der Waals surface area contributed by atoms with Crippen molar-refractivity contribution in [2.75, 3.05) is 6.54 Å². The molecular weight excluding hydrogens is 229 g/mol. The standard InChI is InChI=1S/C14H16FN3/c1-3-17-14(13-9-16-4-5-18-13)11-6-10(2)7-12(15)8-11/h4-9,14,17H,3H2,1-2H3. The topological polar surface area (TPSA) is 37.8 Å². The molecule has 0 radical (unpaired) electrons. The summed E-state index contributed by atoms with van der Waals surface area (Å²) in [6.45, 7) is 4.67. The van der Waals surface area contributed by atoms with Gasteiger partial charge in [-0.3, -0.25) is 9.97 Å². The predicted octanol–water partition coefficient (Wildman–Crippen LogP) is 2.62. The highest BCUT2D eigenvalue weighted by Crippen LogP contribution is 2.21. The molecule has 0 saturated heterocycles. The fourth-order valence-corrected chi connectivity index (χ4v) is 1.99. The zero-order valence-corrected chi connectivity index (χ0v) is 10.5. The summed E-state index contributed by atoms with van der Waals surface area (Å²) in [5.74, 6) is -0.225. The zero-order valence-electron chi connectivity index (χ0n) is 10.5. The van der Waals surface area contributed by atoms with Crippen molar-refractivity contribution in [2.24, 2.45) is 0 Å². The summed E-state index contributed by atoms with van der Waals surface area (Å²) in [4.78, 5) is 8.35. The molecule has 18 heavy (non-hydrogen) atoms. The Balaban J connectivity index is 2.41. The molecule has 1 N–H and O–H groups in total. The maximum absolute atomic E-state index is 13.5. The van der Waals surface area contributed by atoms with Crippen molar-refractivity contribution in [1.29, 1.82) is 0 Å². The highest BCUT2D eigenvalue weighted by Gasteiger charge is 2.15. The summed E-state index contributed by atoms with van der Waals surface area (Å²) < 4.78 is 13.5. The second-order valence-corrected chi connectivity index (χ2v) is 4.18. The Morgan fingerprint density at radius 1 is 1.28 bits per heavy atom. The first-order valence-corrected chi connectivity index (χ1v) is 5.97. The maximum Gasteiger partial charge on any atom is 0.123 e. The van der Waals surface area contributed by atoms with Gasteiger partial charge in [-0.25, -0.2) is 4.39 Å². The molecule has 2 aromatic rings. The lowest BCUT2D eigenvalue weighted by atomic mass is 10.0. The van der Waals surface area contributed by atoms with Crippen LogP contribution in [0.1, 0.15) is 29.8 Å². The first-order valence-electron chi connectivity index (χ1n) is 5.97. The maximum atomic E-state index is 13.5. The summed E-state index contributed by atoms with van der Waals surface area (Å²) in [6, 6.07) is 4.89. The average molecular weight is 245 g/mol. The van der Waals surface area contributed by atoms with E-state index in [0.29, 0.717) is 0 Å². The first kappa shape index (κ1) is 12.6. The van der Waals surface area contributed by atoms with E-state index in [-0.39, 0.29) is 11.9 Å². The molecule has 0 aliphatic heterocycles. The van der Waals surface area contributed by atoms with Gasteiger partial charge in [0, 0.05) is 12.4 Å². The molecule has 1 aromatic heterocycles. The average Bonchev–Trinajstić information content (AvgIpc) is 2.36. The number of halogens is 1. The Hall–Kier alpha value is -1.81. The van der Waals surface area contributed by atoms with Crippen LogP contribution >= 0.6 is 0 Å². The second kappa shape index (κ2) is 5.69. The number of aryl methyl sites for hydroxylation is 1. The minimum Gasteiger partial charge on any atom is -0.305 e. The van der Waals surface area contributed by atoms with Crippen LogP contribution in [0.3, 0.4) is 0 Å². The van der Waals surface area contributed by atoms with Gasteiger partial charge >= 0.3 is 0 Å². The van der Waals surface area contributed by atoms with Crippen molar-refractivity contribution in [3.8, 4) is 0 Å². The van der Waals surface area contributed by atoms with Crippen molar-refractivity contribution < 1.29 is 4.39 Å². The third-order valence-corrected chi connectivity index (χ3v) is 2.68. The van der Waals surface area contributed by atoms with Crippen molar-refractivity contribution in [2.45, 2.75) is 19.9 Å². The molecule has 1 atom stereocenters. The van der Waals surface area contributed by atoms with E-state index >= 15 is 0 Å². The lowest BCUT2D eigenvalue weighted by Gasteiger charge is -2.18. The zero-order chi connectivity index (χ0) is 13.0. The number of rotatable bonds is 4. The summed E-state index contributed by atoms with van der Waals surface area (Å²) in [5, 5.41) is 3.30. The monoisotopic (exact) mass is 245 g/mol. The highest BCUT2D eigenvalue weighted by molar-refractivity contribution is 5.31. The van der Waals surface area contributed by atoms with Crippen molar-refractivity contribution in [1.82, 2.24) is 15.3 Å². The Morgan fingerprint density at radius 3 is 2.72 bits per heavy atom. The Bertz CT molecular complexity index is 493. The largest absolute Gasteiger partial charge is 0.305 e. The van der Waals surface area contributed by atoms with Crippen LogP contribution in [-0.4, -0.2) is 16.5 Å². The quantitative estimate of drug-likeness (QED) is 0.899. The van der Waals surface area contributed by atoms with Gasteiger partial charge in [-0.15, -0.1) is 0 Å². The number of aromatic nitrogens is 2. The molecule has 1 heterocycles. The molecule has 0 saturated carbocycles. The lowest BCUT2D eigenvalue weighted by Crippen LogP contribution is -2.23. The molecule has 0 spiro atoms. The number of nitrogens with one attached hydrogen (secondary N) is 1. The molecule has 0 bridgehead atoms. The summed E-state index contributed by atoms with van der Waals surface area (Å²) in [6.07, 6.45) is 4.97. The minimum absolute atomic E-state index is 0.127. The van der Waals surface area contributed by atoms with E-state index in [1.54, 1.807) is 18.6 Å². The molecular formula is C14H16FN3. The van der Waals surface area contributed by atoms with Crippen molar-refractivity contribution >= 4 is 0 Å². The van der Waals surface area contributed by atoms with Gasteiger partial charge < -0.3 is 5.32 Å². The number of benzene rings is 1. The molecule has 0 amide bonds. The van der Waals surface area contributed by atoms with Crippen molar-refractivity contribution in [3.05, 3.63) is 59.4 Å². The number of nitrogens with zero attached hydrogens (tertiary/aromatic N) is 2. The van der Waals surface area contributed by atoms with Crippen LogP contribution in [0.15, 0.2) is 36.8 Å². The smallest absolute Gasteiger partial charge is 0.123 e. The Morgan fingerprint density at radius 2 is 2.11 bits per heavy atom. The van der Waals surface area contributed by atoms with Crippen LogP contribution in [0, 0.1) is 12.7 Å². The van der Waals surface area contributed by atoms with Crippen LogP contribution < -0.4 is 5.32 Å². The van der Waals surface area contributed by atoms with Gasteiger partial charge in [-0.05, 0) is 36.7 Å². The molecule has 94 valence electrons. The normalized spacial score (nSPS) is 12.4. The van der Waals surface area contributed by atoms with Gasteiger partial charge in [-0.1, -0.05) is 13.0 Å².